The normalized spacial score (nSPS) is 13.0. The van der Waals surface area contributed by atoms with Gasteiger partial charge in [0.15, 0.2) is 0 Å². The zero-order valence-electron chi connectivity index (χ0n) is 11.7. The summed E-state index contributed by atoms with van der Waals surface area (Å²) in [6.07, 6.45) is 1.65. The third kappa shape index (κ3) is 2.00. The quantitative estimate of drug-likeness (QED) is 0.789. The highest BCUT2D eigenvalue weighted by Gasteiger charge is 2.25. The first-order valence-corrected chi connectivity index (χ1v) is 6.94. The standard InChI is InChI=1S/C16H13FN4O/c17-12-3-1-10(2-4-12)15-14(11-5-6-19-13(18)9-11)16-21(20-15)7-8-22-16/h1-6,9H,7-8H2,(H2,18,19). The maximum Gasteiger partial charge on any atom is 0.220 e. The van der Waals surface area contributed by atoms with Gasteiger partial charge in [-0.25, -0.2) is 14.1 Å². The minimum atomic E-state index is -0.276. The Balaban J connectivity index is 1.94. The summed E-state index contributed by atoms with van der Waals surface area (Å²) in [6.45, 7) is 1.30. The van der Waals surface area contributed by atoms with Crippen molar-refractivity contribution in [3.63, 3.8) is 0 Å². The van der Waals surface area contributed by atoms with Crippen molar-refractivity contribution >= 4 is 5.82 Å². The first-order chi connectivity index (χ1) is 10.7. The molecule has 0 fully saturated rings. The maximum atomic E-state index is 13.2. The first-order valence-electron chi connectivity index (χ1n) is 6.94. The number of hydrogen-bond acceptors (Lipinski definition) is 4. The SMILES string of the molecule is Nc1cc(-c2c(-c3ccc(F)cc3)nn3c2OCC3)ccn1. The molecule has 0 spiro atoms. The predicted octanol–water partition coefficient (Wildman–Crippen LogP) is 2.73. The number of rotatable bonds is 2. The van der Waals surface area contributed by atoms with Gasteiger partial charge in [-0.15, -0.1) is 0 Å². The van der Waals surface area contributed by atoms with E-state index in [1.165, 1.54) is 12.1 Å². The van der Waals surface area contributed by atoms with Gasteiger partial charge in [0.05, 0.1) is 12.1 Å². The van der Waals surface area contributed by atoms with Crippen LogP contribution in [0.5, 0.6) is 5.88 Å². The molecule has 0 unspecified atom stereocenters. The molecule has 1 aromatic carbocycles. The number of nitrogen functional groups attached to an aromatic ring is 1. The van der Waals surface area contributed by atoms with Gasteiger partial charge in [-0.2, -0.15) is 5.10 Å². The Bertz CT molecular complexity index is 842. The van der Waals surface area contributed by atoms with E-state index in [1.54, 1.807) is 24.4 Å². The fourth-order valence-electron chi connectivity index (χ4n) is 2.65. The van der Waals surface area contributed by atoms with E-state index in [0.717, 1.165) is 22.4 Å². The van der Waals surface area contributed by atoms with Crippen molar-refractivity contribution in [3.8, 4) is 28.3 Å². The van der Waals surface area contributed by atoms with Crippen molar-refractivity contribution in [1.29, 1.82) is 0 Å². The fraction of sp³-hybridized carbons (Fsp3) is 0.125. The van der Waals surface area contributed by atoms with Gasteiger partial charge in [0.25, 0.3) is 0 Å². The van der Waals surface area contributed by atoms with Gasteiger partial charge in [0.2, 0.25) is 5.88 Å². The monoisotopic (exact) mass is 296 g/mol. The number of ether oxygens (including phenoxy) is 1. The summed E-state index contributed by atoms with van der Waals surface area (Å²) in [7, 11) is 0. The van der Waals surface area contributed by atoms with Crippen LogP contribution in [0.2, 0.25) is 0 Å². The molecule has 4 rings (SSSR count). The number of hydrogen-bond donors (Lipinski definition) is 1. The molecule has 0 saturated carbocycles. The maximum absolute atomic E-state index is 13.2. The molecule has 110 valence electrons. The summed E-state index contributed by atoms with van der Waals surface area (Å²) < 4.78 is 20.7. The van der Waals surface area contributed by atoms with E-state index < -0.39 is 0 Å². The molecule has 1 aliphatic rings. The number of halogens is 1. The van der Waals surface area contributed by atoms with Crippen LogP contribution >= 0.6 is 0 Å². The first kappa shape index (κ1) is 12.8. The third-order valence-corrected chi connectivity index (χ3v) is 3.64. The molecule has 5 nitrogen and oxygen atoms in total. The number of aromatic nitrogens is 3. The van der Waals surface area contributed by atoms with Crippen molar-refractivity contribution in [3.05, 3.63) is 48.4 Å². The summed E-state index contributed by atoms with van der Waals surface area (Å²) in [4.78, 5) is 4.02. The minimum Gasteiger partial charge on any atom is -0.475 e. The molecule has 2 N–H and O–H groups in total. The van der Waals surface area contributed by atoms with E-state index in [-0.39, 0.29) is 5.82 Å². The lowest BCUT2D eigenvalue weighted by Crippen LogP contribution is -1.97. The van der Waals surface area contributed by atoms with Gasteiger partial charge in [-0.05, 0) is 42.0 Å². The van der Waals surface area contributed by atoms with Crippen LogP contribution in [-0.2, 0) is 6.54 Å². The van der Waals surface area contributed by atoms with Crippen molar-refractivity contribution in [2.75, 3.05) is 12.3 Å². The summed E-state index contributed by atoms with van der Waals surface area (Å²) >= 11 is 0. The van der Waals surface area contributed by atoms with Crippen LogP contribution in [0.3, 0.4) is 0 Å². The number of nitrogens with two attached hydrogens (primary N) is 1. The molecular formula is C16H13FN4O. The minimum absolute atomic E-state index is 0.276. The topological polar surface area (TPSA) is 66.0 Å². The van der Waals surface area contributed by atoms with E-state index in [0.29, 0.717) is 24.8 Å². The van der Waals surface area contributed by atoms with E-state index in [1.807, 2.05) is 10.7 Å². The van der Waals surface area contributed by atoms with Crippen LogP contribution < -0.4 is 10.5 Å². The highest BCUT2D eigenvalue weighted by molar-refractivity contribution is 5.85. The van der Waals surface area contributed by atoms with Crippen LogP contribution in [0.4, 0.5) is 10.2 Å². The highest BCUT2D eigenvalue weighted by Crippen LogP contribution is 2.41. The van der Waals surface area contributed by atoms with Crippen LogP contribution in [0, 0.1) is 5.82 Å². The zero-order valence-corrected chi connectivity index (χ0v) is 11.7. The molecule has 3 aromatic rings. The van der Waals surface area contributed by atoms with E-state index in [4.69, 9.17) is 10.5 Å². The summed E-state index contributed by atoms with van der Waals surface area (Å²) in [5.74, 6) is 0.867. The second-order valence-corrected chi connectivity index (χ2v) is 5.08. The molecule has 22 heavy (non-hydrogen) atoms. The Morgan fingerprint density at radius 3 is 2.73 bits per heavy atom. The van der Waals surface area contributed by atoms with Gasteiger partial charge in [0, 0.05) is 11.8 Å². The molecule has 2 aromatic heterocycles. The van der Waals surface area contributed by atoms with Gasteiger partial charge in [-0.1, -0.05) is 0 Å². The predicted molar refractivity (Wildman–Crippen MR) is 80.8 cm³/mol. The van der Waals surface area contributed by atoms with Crippen molar-refractivity contribution in [2.24, 2.45) is 0 Å². The van der Waals surface area contributed by atoms with Gasteiger partial charge >= 0.3 is 0 Å². The third-order valence-electron chi connectivity index (χ3n) is 3.64. The van der Waals surface area contributed by atoms with Crippen molar-refractivity contribution in [2.45, 2.75) is 6.54 Å². The molecular weight excluding hydrogens is 283 g/mol. The average Bonchev–Trinajstić information content (AvgIpc) is 3.08. The second-order valence-electron chi connectivity index (χ2n) is 5.08. The highest BCUT2D eigenvalue weighted by atomic mass is 19.1. The van der Waals surface area contributed by atoms with Crippen molar-refractivity contribution in [1.82, 2.24) is 14.8 Å². The smallest absolute Gasteiger partial charge is 0.220 e. The Labute approximate surface area is 126 Å². The molecule has 0 atom stereocenters. The number of pyridine rings is 1. The molecule has 0 bridgehead atoms. The lowest BCUT2D eigenvalue weighted by molar-refractivity contribution is 0.358. The number of fused-ring (bicyclic) bond motifs is 1. The van der Waals surface area contributed by atoms with Gasteiger partial charge < -0.3 is 10.5 Å². The van der Waals surface area contributed by atoms with Gasteiger partial charge in [0.1, 0.15) is 23.9 Å². The summed E-state index contributed by atoms with van der Waals surface area (Å²) in [6, 6.07) is 9.91. The Morgan fingerprint density at radius 1 is 1.14 bits per heavy atom. The lowest BCUT2D eigenvalue weighted by atomic mass is 10.0. The molecule has 0 aliphatic carbocycles. The van der Waals surface area contributed by atoms with E-state index in [2.05, 4.69) is 10.1 Å². The van der Waals surface area contributed by atoms with Gasteiger partial charge in [-0.3, -0.25) is 0 Å². The Kier molecular flexibility index (Phi) is 2.82. The van der Waals surface area contributed by atoms with Crippen molar-refractivity contribution < 1.29 is 9.13 Å². The molecule has 1 aliphatic heterocycles. The molecule has 6 heteroatoms. The molecule has 0 radical (unpaired) electrons. The summed E-state index contributed by atoms with van der Waals surface area (Å²) in [5.41, 5.74) is 9.11. The lowest BCUT2D eigenvalue weighted by Gasteiger charge is -2.06. The molecule has 3 heterocycles. The van der Waals surface area contributed by atoms with Crippen LogP contribution in [-0.4, -0.2) is 21.4 Å². The van der Waals surface area contributed by atoms with E-state index in [9.17, 15) is 4.39 Å². The average molecular weight is 296 g/mol. The Morgan fingerprint density at radius 2 is 1.95 bits per heavy atom. The van der Waals surface area contributed by atoms with E-state index >= 15 is 0 Å². The number of anilines is 1. The second kappa shape index (κ2) is 4.84. The number of nitrogens with zero attached hydrogens (tertiary/aromatic N) is 3. The van der Waals surface area contributed by atoms with Crippen LogP contribution in [0.25, 0.3) is 22.4 Å². The van der Waals surface area contributed by atoms with Crippen LogP contribution in [0.1, 0.15) is 0 Å². The molecule has 0 amide bonds. The Hall–Kier alpha value is -2.89. The fourth-order valence-corrected chi connectivity index (χ4v) is 2.65. The molecule has 0 saturated heterocycles. The largest absolute Gasteiger partial charge is 0.475 e. The van der Waals surface area contributed by atoms with Crippen LogP contribution in [0.15, 0.2) is 42.6 Å². The summed E-state index contributed by atoms with van der Waals surface area (Å²) in [5, 5.41) is 4.60. The number of benzene rings is 1. The zero-order chi connectivity index (χ0) is 15.1.